The fraction of sp³-hybridized carbons (Fsp3) is 0.400. The zero-order valence-electron chi connectivity index (χ0n) is 17.3. The molecule has 2 aliphatic carbocycles. The molecule has 2 unspecified atom stereocenters. The summed E-state index contributed by atoms with van der Waals surface area (Å²) in [5.74, 6) is 0.102. The van der Waals surface area contributed by atoms with E-state index < -0.39 is 5.41 Å². The fourth-order valence-corrected chi connectivity index (χ4v) is 5.67. The van der Waals surface area contributed by atoms with Gasteiger partial charge < -0.3 is 5.32 Å². The average Bonchev–Trinajstić information content (AvgIpc) is 3.02. The summed E-state index contributed by atoms with van der Waals surface area (Å²) in [6.07, 6.45) is 2.62. The number of hydrogen-bond donors (Lipinski definition) is 1. The van der Waals surface area contributed by atoms with Gasteiger partial charge in [-0.2, -0.15) is 0 Å². The predicted molar refractivity (Wildman–Crippen MR) is 115 cm³/mol. The van der Waals surface area contributed by atoms with E-state index in [4.69, 9.17) is 9.97 Å². The number of carbonyl (C=O) groups excluding carboxylic acids is 1. The minimum atomic E-state index is -0.620. The molecule has 2 aromatic carbocycles. The third kappa shape index (κ3) is 2.29. The number of benzene rings is 2. The number of rotatable bonds is 4. The van der Waals surface area contributed by atoms with Crippen LogP contribution in [0.5, 0.6) is 0 Å². The lowest BCUT2D eigenvalue weighted by Gasteiger charge is -2.39. The first-order valence-electron chi connectivity index (χ1n) is 10.5. The quantitative estimate of drug-likeness (QED) is 0.728. The molecule has 0 spiro atoms. The molecule has 2 aliphatic rings. The van der Waals surface area contributed by atoms with Gasteiger partial charge in [-0.05, 0) is 42.4 Å². The summed E-state index contributed by atoms with van der Waals surface area (Å²) in [7, 11) is 0. The van der Waals surface area contributed by atoms with Crippen molar-refractivity contribution in [3.63, 3.8) is 0 Å². The van der Waals surface area contributed by atoms with Crippen molar-refractivity contribution in [2.45, 2.75) is 50.9 Å². The highest BCUT2D eigenvalue weighted by Crippen LogP contribution is 2.70. The van der Waals surface area contributed by atoms with Crippen molar-refractivity contribution in [3.8, 4) is 0 Å². The lowest BCUT2D eigenvalue weighted by Crippen LogP contribution is -2.51. The number of para-hydroxylation sites is 2. The third-order valence-electron chi connectivity index (χ3n) is 7.87. The Morgan fingerprint density at radius 1 is 0.897 bits per heavy atom. The molecule has 148 valence electrons. The van der Waals surface area contributed by atoms with E-state index in [1.54, 1.807) is 0 Å². The first kappa shape index (κ1) is 18.3. The van der Waals surface area contributed by atoms with E-state index in [2.05, 4.69) is 38.2 Å². The molecule has 0 saturated heterocycles. The lowest BCUT2D eigenvalue weighted by atomic mass is 9.63. The first-order chi connectivity index (χ1) is 13.9. The number of aromatic nitrogens is 2. The van der Waals surface area contributed by atoms with Crippen molar-refractivity contribution >= 4 is 16.9 Å². The van der Waals surface area contributed by atoms with Gasteiger partial charge in [-0.3, -0.25) is 4.79 Å². The maximum absolute atomic E-state index is 13.7. The molecule has 2 bridgehead atoms. The Morgan fingerprint density at radius 3 is 2.21 bits per heavy atom. The zero-order chi connectivity index (χ0) is 20.3. The van der Waals surface area contributed by atoms with Crippen LogP contribution in [0.2, 0.25) is 0 Å². The Bertz CT molecular complexity index is 1110. The van der Waals surface area contributed by atoms with Crippen LogP contribution in [-0.4, -0.2) is 22.4 Å². The first-order valence-corrected chi connectivity index (χ1v) is 10.5. The number of amides is 1. The van der Waals surface area contributed by atoms with Crippen LogP contribution in [0, 0.1) is 5.41 Å². The van der Waals surface area contributed by atoms with Crippen LogP contribution < -0.4 is 5.32 Å². The van der Waals surface area contributed by atoms with Crippen molar-refractivity contribution in [2.75, 3.05) is 6.54 Å². The highest BCUT2D eigenvalue weighted by atomic mass is 16.2. The highest BCUT2D eigenvalue weighted by molar-refractivity contribution is 5.92. The molecule has 5 rings (SSSR count). The Balaban J connectivity index is 1.53. The maximum atomic E-state index is 13.7. The molecule has 1 N–H and O–H groups in total. The summed E-state index contributed by atoms with van der Waals surface area (Å²) in [5.41, 5.74) is 3.93. The van der Waals surface area contributed by atoms with Gasteiger partial charge in [-0.25, -0.2) is 9.97 Å². The van der Waals surface area contributed by atoms with E-state index in [-0.39, 0.29) is 16.7 Å². The minimum Gasteiger partial charge on any atom is -0.355 e. The van der Waals surface area contributed by atoms with Crippen molar-refractivity contribution in [1.29, 1.82) is 0 Å². The minimum absolute atomic E-state index is 0.102. The fourth-order valence-electron chi connectivity index (χ4n) is 5.67. The second-order valence-corrected chi connectivity index (χ2v) is 9.26. The normalized spacial score (nSPS) is 26.4. The summed E-state index contributed by atoms with van der Waals surface area (Å²) < 4.78 is 0. The zero-order valence-corrected chi connectivity index (χ0v) is 17.3. The van der Waals surface area contributed by atoms with Gasteiger partial charge >= 0.3 is 0 Å². The summed E-state index contributed by atoms with van der Waals surface area (Å²) in [6.45, 7) is 7.35. The van der Waals surface area contributed by atoms with E-state index >= 15 is 0 Å². The van der Waals surface area contributed by atoms with Crippen LogP contribution in [0.4, 0.5) is 0 Å². The smallest absolute Gasteiger partial charge is 0.232 e. The molecule has 2 atom stereocenters. The molecular weight excluding hydrogens is 358 g/mol. The molecule has 1 amide bonds. The van der Waals surface area contributed by atoms with Crippen LogP contribution in [-0.2, 0) is 22.0 Å². The van der Waals surface area contributed by atoms with Crippen molar-refractivity contribution in [3.05, 3.63) is 71.5 Å². The van der Waals surface area contributed by atoms with Crippen LogP contribution in [0.25, 0.3) is 11.0 Å². The number of hydrogen-bond acceptors (Lipinski definition) is 3. The molecule has 1 aromatic heterocycles. The van der Waals surface area contributed by atoms with Crippen LogP contribution in [0.15, 0.2) is 54.6 Å². The summed E-state index contributed by atoms with van der Waals surface area (Å²) in [4.78, 5) is 23.7. The summed E-state index contributed by atoms with van der Waals surface area (Å²) in [5, 5.41) is 3.25. The molecule has 29 heavy (non-hydrogen) atoms. The van der Waals surface area contributed by atoms with E-state index in [1.165, 1.54) is 5.56 Å². The maximum Gasteiger partial charge on any atom is 0.232 e. The standard InChI is InChI=1S/C25H27N3O/c1-23(2)24(3)14-15-25(23,22(29)26-16-13-17-9-5-4-6-10-17)21-20(24)27-18-11-7-8-12-19(18)28-21/h4-12H,13-16H2,1-3H3,(H,26,29). The molecule has 3 aromatic rings. The molecular formula is C25H27N3O. The molecule has 1 fully saturated rings. The van der Waals surface area contributed by atoms with Gasteiger partial charge in [0.1, 0.15) is 0 Å². The Kier molecular flexibility index (Phi) is 3.86. The Hall–Kier alpha value is -2.75. The van der Waals surface area contributed by atoms with Gasteiger partial charge in [0.05, 0.1) is 27.8 Å². The van der Waals surface area contributed by atoms with Crippen molar-refractivity contribution < 1.29 is 4.79 Å². The molecule has 0 radical (unpaired) electrons. The van der Waals surface area contributed by atoms with Crippen molar-refractivity contribution in [1.82, 2.24) is 15.3 Å². The number of carbonyl (C=O) groups is 1. The predicted octanol–water partition coefficient (Wildman–Crippen LogP) is 4.32. The van der Waals surface area contributed by atoms with Gasteiger partial charge in [-0.15, -0.1) is 0 Å². The van der Waals surface area contributed by atoms with E-state index in [0.717, 1.165) is 41.7 Å². The van der Waals surface area contributed by atoms with Crippen LogP contribution in [0.1, 0.15) is 50.6 Å². The second kappa shape index (κ2) is 6.12. The topological polar surface area (TPSA) is 54.9 Å². The lowest BCUT2D eigenvalue weighted by molar-refractivity contribution is -0.130. The summed E-state index contributed by atoms with van der Waals surface area (Å²) in [6, 6.07) is 18.3. The third-order valence-corrected chi connectivity index (χ3v) is 7.87. The van der Waals surface area contributed by atoms with Crippen LogP contribution in [0.3, 0.4) is 0 Å². The monoisotopic (exact) mass is 385 g/mol. The van der Waals surface area contributed by atoms with Gasteiger partial charge in [-0.1, -0.05) is 63.2 Å². The number of nitrogens with one attached hydrogen (secondary N) is 1. The summed E-state index contributed by atoms with van der Waals surface area (Å²) >= 11 is 0. The number of nitrogens with zero attached hydrogens (tertiary/aromatic N) is 2. The molecule has 4 nitrogen and oxygen atoms in total. The Labute approximate surface area is 171 Å². The van der Waals surface area contributed by atoms with Crippen molar-refractivity contribution in [2.24, 2.45) is 5.41 Å². The average molecular weight is 386 g/mol. The molecule has 1 heterocycles. The van der Waals surface area contributed by atoms with Gasteiger partial charge in [0.2, 0.25) is 5.91 Å². The Morgan fingerprint density at radius 2 is 1.52 bits per heavy atom. The van der Waals surface area contributed by atoms with Gasteiger partial charge in [0.25, 0.3) is 0 Å². The highest BCUT2D eigenvalue weighted by Gasteiger charge is 2.73. The molecule has 0 aliphatic heterocycles. The van der Waals surface area contributed by atoms with E-state index in [1.807, 2.05) is 42.5 Å². The van der Waals surface area contributed by atoms with Gasteiger partial charge in [0, 0.05) is 12.0 Å². The van der Waals surface area contributed by atoms with E-state index in [0.29, 0.717) is 6.54 Å². The molecule has 4 heteroatoms. The van der Waals surface area contributed by atoms with Crippen LogP contribution >= 0.6 is 0 Å². The second-order valence-electron chi connectivity index (χ2n) is 9.26. The van der Waals surface area contributed by atoms with E-state index in [9.17, 15) is 4.79 Å². The molecule has 1 saturated carbocycles. The van der Waals surface area contributed by atoms with Gasteiger partial charge in [0.15, 0.2) is 0 Å². The largest absolute Gasteiger partial charge is 0.355 e. The SMILES string of the molecule is CC12CCC(C(=O)NCCc3ccccc3)(c3nc4ccccc4nc31)C2(C)C. The number of fused-ring (bicyclic) bond motifs is 6.